The predicted molar refractivity (Wildman–Crippen MR) is 80.0 cm³/mol. The third-order valence-electron chi connectivity index (χ3n) is 2.62. The molecule has 18 heavy (non-hydrogen) atoms. The third-order valence-corrected chi connectivity index (χ3v) is 2.62. The molecule has 0 aromatic carbocycles. The number of hydrogen-bond acceptors (Lipinski definition) is 1. The van der Waals surface area contributed by atoms with Crippen molar-refractivity contribution in [1.82, 2.24) is 0 Å². The van der Waals surface area contributed by atoms with Gasteiger partial charge in [0.05, 0.1) is 0 Å². The Bertz CT molecular complexity index is 182. The normalized spacial score (nSPS) is 10.2. The molecule has 2 heteroatoms. The van der Waals surface area contributed by atoms with Crippen LogP contribution in [0.4, 0.5) is 0 Å². The van der Waals surface area contributed by atoms with Gasteiger partial charge in [0.25, 0.3) is 5.97 Å². The molecule has 0 rings (SSSR count). The van der Waals surface area contributed by atoms with Crippen LogP contribution < -0.4 is 0 Å². The second-order valence-electron chi connectivity index (χ2n) is 4.69. The van der Waals surface area contributed by atoms with Crippen molar-refractivity contribution < 1.29 is 9.90 Å². The quantitative estimate of drug-likeness (QED) is 0.409. The second kappa shape index (κ2) is 18.6. The highest BCUT2D eigenvalue weighted by Crippen LogP contribution is 2.06. The maximum absolute atomic E-state index is 9.00. The monoisotopic (exact) mass is 256 g/mol. The summed E-state index contributed by atoms with van der Waals surface area (Å²) in [6, 6.07) is 0. The van der Waals surface area contributed by atoms with Crippen molar-refractivity contribution in [3.63, 3.8) is 0 Å². The van der Waals surface area contributed by atoms with E-state index in [0.29, 0.717) is 0 Å². The van der Waals surface area contributed by atoms with Gasteiger partial charge in [0.2, 0.25) is 0 Å². The lowest BCUT2D eigenvalue weighted by molar-refractivity contribution is -0.134. The number of carboxylic acid groups (broad SMARTS) is 1. The molecule has 0 aromatic rings. The van der Waals surface area contributed by atoms with E-state index in [-0.39, 0.29) is 0 Å². The molecule has 0 saturated heterocycles. The Hall–Kier alpha value is -0.790. The highest BCUT2D eigenvalue weighted by Gasteiger charge is 1.86. The van der Waals surface area contributed by atoms with Gasteiger partial charge in [0, 0.05) is 6.92 Å². The molecule has 0 spiro atoms. The fourth-order valence-electron chi connectivity index (χ4n) is 1.61. The zero-order valence-electron chi connectivity index (χ0n) is 12.6. The van der Waals surface area contributed by atoms with Crippen LogP contribution in [0.5, 0.6) is 0 Å². The van der Waals surface area contributed by atoms with E-state index in [2.05, 4.69) is 26.0 Å². The minimum atomic E-state index is -0.833. The fourth-order valence-corrected chi connectivity index (χ4v) is 1.61. The molecule has 0 radical (unpaired) electrons. The first-order chi connectivity index (χ1) is 8.65. The van der Waals surface area contributed by atoms with Crippen molar-refractivity contribution in [3.8, 4) is 0 Å². The van der Waals surface area contributed by atoms with Crippen molar-refractivity contribution in [1.29, 1.82) is 0 Å². The average molecular weight is 256 g/mol. The second-order valence-corrected chi connectivity index (χ2v) is 4.69. The third kappa shape index (κ3) is 29.5. The van der Waals surface area contributed by atoms with Gasteiger partial charge in [-0.3, -0.25) is 4.79 Å². The van der Waals surface area contributed by atoms with Crippen LogP contribution in [0.1, 0.15) is 85.0 Å². The lowest BCUT2D eigenvalue weighted by atomic mass is 10.1. The van der Waals surface area contributed by atoms with Gasteiger partial charge in [0.1, 0.15) is 0 Å². The Labute approximate surface area is 113 Å². The van der Waals surface area contributed by atoms with Crippen LogP contribution in [-0.2, 0) is 4.79 Å². The highest BCUT2D eigenvalue weighted by atomic mass is 16.4. The number of unbranched alkanes of at least 4 members (excludes halogenated alkanes) is 8. The number of carbonyl (C=O) groups is 1. The van der Waals surface area contributed by atoms with Crippen molar-refractivity contribution in [2.75, 3.05) is 0 Å². The molecule has 2 nitrogen and oxygen atoms in total. The summed E-state index contributed by atoms with van der Waals surface area (Å²) in [5.74, 6) is -0.833. The van der Waals surface area contributed by atoms with Gasteiger partial charge in [-0.2, -0.15) is 0 Å². The summed E-state index contributed by atoms with van der Waals surface area (Å²) < 4.78 is 0. The molecule has 0 bridgehead atoms. The molecule has 0 atom stereocenters. The largest absolute Gasteiger partial charge is 0.481 e. The van der Waals surface area contributed by atoms with Crippen molar-refractivity contribution in [2.24, 2.45) is 0 Å². The number of aliphatic carboxylic acids is 1. The van der Waals surface area contributed by atoms with E-state index in [9.17, 15) is 0 Å². The van der Waals surface area contributed by atoms with Crippen LogP contribution in [0, 0.1) is 0 Å². The molecule has 0 amide bonds. The highest BCUT2D eigenvalue weighted by molar-refractivity contribution is 5.62. The minimum Gasteiger partial charge on any atom is -0.481 e. The van der Waals surface area contributed by atoms with E-state index < -0.39 is 5.97 Å². The molecule has 0 fully saturated rings. The molecule has 0 aliphatic rings. The Balaban J connectivity index is 0. The molecule has 0 unspecified atom stereocenters. The molecule has 1 N–H and O–H groups in total. The molecule has 0 heterocycles. The van der Waals surface area contributed by atoms with Gasteiger partial charge in [-0.15, -0.1) is 0 Å². The van der Waals surface area contributed by atoms with Gasteiger partial charge in [-0.25, -0.2) is 0 Å². The van der Waals surface area contributed by atoms with Crippen molar-refractivity contribution >= 4 is 5.97 Å². The smallest absolute Gasteiger partial charge is 0.300 e. The number of hydrogen-bond donors (Lipinski definition) is 1. The first-order valence-electron chi connectivity index (χ1n) is 7.49. The van der Waals surface area contributed by atoms with Crippen molar-refractivity contribution in [3.05, 3.63) is 12.2 Å². The van der Waals surface area contributed by atoms with Crippen LogP contribution in [0.2, 0.25) is 0 Å². The Kier molecular flexibility index (Phi) is 20.2. The van der Waals surface area contributed by atoms with Crippen LogP contribution >= 0.6 is 0 Å². The van der Waals surface area contributed by atoms with E-state index >= 15 is 0 Å². The average Bonchev–Trinajstić information content (AvgIpc) is 2.31. The summed E-state index contributed by atoms with van der Waals surface area (Å²) in [6.07, 6.45) is 18.5. The zero-order chi connectivity index (χ0) is 14.1. The molecule has 0 aliphatic carbocycles. The van der Waals surface area contributed by atoms with Gasteiger partial charge >= 0.3 is 0 Å². The minimum absolute atomic E-state index is 0.833. The molecular formula is C16H32O2. The molecule has 0 aromatic heterocycles. The van der Waals surface area contributed by atoms with E-state index in [1.165, 1.54) is 64.2 Å². The summed E-state index contributed by atoms with van der Waals surface area (Å²) >= 11 is 0. The topological polar surface area (TPSA) is 37.3 Å². The van der Waals surface area contributed by atoms with Crippen LogP contribution in [0.25, 0.3) is 0 Å². The number of carboxylic acids is 1. The van der Waals surface area contributed by atoms with Crippen LogP contribution in [0.15, 0.2) is 12.2 Å². The van der Waals surface area contributed by atoms with Crippen LogP contribution in [0.3, 0.4) is 0 Å². The SMILES string of the molecule is CC(=O)O.CCCCC/C=C\CCCCCCC. The van der Waals surface area contributed by atoms with E-state index in [1.54, 1.807) is 0 Å². The molecule has 108 valence electrons. The summed E-state index contributed by atoms with van der Waals surface area (Å²) in [5, 5.41) is 7.42. The Morgan fingerprint density at radius 3 is 1.61 bits per heavy atom. The van der Waals surface area contributed by atoms with Gasteiger partial charge < -0.3 is 5.11 Å². The summed E-state index contributed by atoms with van der Waals surface area (Å²) in [5.41, 5.74) is 0. The number of rotatable bonds is 10. The van der Waals surface area contributed by atoms with Crippen LogP contribution in [-0.4, -0.2) is 11.1 Å². The standard InChI is InChI=1S/C14H28.C2H4O2/c1-3-5-7-9-11-13-14-12-10-8-6-4-2;1-2(3)4/h11,13H,3-10,12,14H2,1-2H3;1H3,(H,3,4)/b13-11-;. The predicted octanol–water partition coefficient (Wildman–Crippen LogP) is 5.57. The maximum atomic E-state index is 9.00. The summed E-state index contributed by atoms with van der Waals surface area (Å²) in [7, 11) is 0. The van der Waals surface area contributed by atoms with E-state index in [1.807, 2.05) is 0 Å². The maximum Gasteiger partial charge on any atom is 0.300 e. The molecule has 0 aliphatic heterocycles. The Morgan fingerprint density at radius 2 is 1.17 bits per heavy atom. The van der Waals surface area contributed by atoms with Crippen molar-refractivity contribution in [2.45, 2.75) is 85.0 Å². The fraction of sp³-hybridized carbons (Fsp3) is 0.812. The van der Waals surface area contributed by atoms with Gasteiger partial charge in [-0.1, -0.05) is 64.5 Å². The first kappa shape index (κ1) is 19.5. The zero-order valence-corrected chi connectivity index (χ0v) is 12.6. The first-order valence-corrected chi connectivity index (χ1v) is 7.49. The summed E-state index contributed by atoms with van der Waals surface area (Å²) in [4.78, 5) is 9.00. The van der Waals surface area contributed by atoms with E-state index in [4.69, 9.17) is 9.90 Å². The molecule has 0 saturated carbocycles. The molecular weight excluding hydrogens is 224 g/mol. The van der Waals surface area contributed by atoms with Gasteiger partial charge in [-0.05, 0) is 25.7 Å². The lowest BCUT2D eigenvalue weighted by Crippen LogP contribution is -1.78. The Morgan fingerprint density at radius 1 is 0.833 bits per heavy atom. The summed E-state index contributed by atoms with van der Waals surface area (Å²) in [6.45, 7) is 5.62. The lowest BCUT2D eigenvalue weighted by Gasteiger charge is -1.96. The number of allylic oxidation sites excluding steroid dienone is 2. The van der Waals surface area contributed by atoms with E-state index in [0.717, 1.165) is 6.92 Å². The van der Waals surface area contributed by atoms with Gasteiger partial charge in [0.15, 0.2) is 0 Å².